The van der Waals surface area contributed by atoms with E-state index in [0.717, 1.165) is 116 Å². The molecule has 0 aromatic carbocycles. The van der Waals surface area contributed by atoms with Gasteiger partial charge in [-0.1, -0.05) is 301 Å². The minimum Gasteiger partial charge on any atom is -0.0776 e. The molecular weight excluding hydrogens is 1240 g/mol. The Bertz CT molecular complexity index is 2250. The predicted molar refractivity (Wildman–Crippen MR) is 461 cm³/mol. The van der Waals surface area contributed by atoms with E-state index in [2.05, 4.69) is 104 Å². The Hall–Kier alpha value is 0. The largest absolute Gasteiger partial charge is 0.0776 e. The SMILES string of the molecule is C.C.C.C.CC(C)(C)C1CCC2(CC1)CC1CCCC(CC1)C2.CC(C)(C)C1CCC2(CC1)CC1CCCC(CCC1)C2.CC(C)(C)C1CCC2(CCC3CCC(CC3)C2)CC1.CC(C)(C)C1CCC2(CCC3CCCC(CC3)C2)CC1.CC(C)(C)C1CCC2(CCC3CCCC(CCC3)C2)CC1. The van der Waals surface area contributed by atoms with Gasteiger partial charge in [0.15, 0.2) is 0 Å². The number of hydrogen-bond donors (Lipinski definition) is 0. The summed E-state index contributed by atoms with van der Waals surface area (Å²) in [6.07, 6.45) is 91.7. The van der Waals surface area contributed by atoms with Crippen LogP contribution < -0.4 is 0 Å². The molecule has 18 rings (SSSR count). The normalized spacial score (nSPS) is 41.6. The van der Waals surface area contributed by atoms with Gasteiger partial charge >= 0.3 is 0 Å². The van der Waals surface area contributed by atoms with E-state index in [1.807, 2.05) is 0 Å². The molecule has 606 valence electrons. The molecule has 0 heterocycles. The van der Waals surface area contributed by atoms with E-state index in [9.17, 15) is 0 Å². The number of hydrogen-bond acceptors (Lipinski definition) is 0. The Kier molecular flexibility index (Phi) is 33.9. The fourth-order valence-corrected chi connectivity index (χ4v) is 28.7. The predicted octanol–water partition coefficient (Wildman–Crippen LogP) is 35.1. The van der Waals surface area contributed by atoms with Crippen molar-refractivity contribution in [3.8, 4) is 0 Å². The van der Waals surface area contributed by atoms with E-state index < -0.39 is 0 Å². The van der Waals surface area contributed by atoms with E-state index in [4.69, 9.17) is 0 Å². The molecule has 0 saturated heterocycles. The van der Waals surface area contributed by atoms with Crippen molar-refractivity contribution in [3.05, 3.63) is 0 Å². The van der Waals surface area contributed by atoms with Crippen molar-refractivity contribution in [1.29, 1.82) is 0 Å². The Labute approximate surface area is 651 Å². The summed E-state index contributed by atoms with van der Waals surface area (Å²) in [4.78, 5) is 0. The minimum atomic E-state index is 0. The van der Waals surface area contributed by atoms with E-state index in [1.165, 1.54) is 103 Å². The Balaban J connectivity index is 0.000000179. The second-order valence-corrected chi connectivity index (χ2v) is 47.8. The average molecular weight is 1430 g/mol. The van der Waals surface area contributed by atoms with E-state index in [-0.39, 0.29) is 29.7 Å². The molecule has 18 saturated carbocycles. The molecule has 103 heavy (non-hydrogen) atoms. The lowest BCUT2D eigenvalue weighted by Gasteiger charge is -2.49. The topological polar surface area (TPSA) is 0 Å². The molecule has 10 bridgehead atoms. The highest BCUT2D eigenvalue weighted by molar-refractivity contribution is 5.00. The lowest BCUT2D eigenvalue weighted by molar-refractivity contribution is 0.0234. The van der Waals surface area contributed by atoms with Crippen LogP contribution in [-0.4, -0.2) is 0 Å². The van der Waals surface area contributed by atoms with Crippen molar-refractivity contribution < 1.29 is 0 Å². The molecule has 4 unspecified atom stereocenters. The molecular formula is C103H194. The van der Waals surface area contributed by atoms with Gasteiger partial charge in [-0.05, 0) is 355 Å². The van der Waals surface area contributed by atoms with Gasteiger partial charge in [-0.15, -0.1) is 0 Å². The molecule has 5 spiro atoms. The van der Waals surface area contributed by atoms with Crippen LogP contribution in [0, 0.1) is 143 Å². The second-order valence-electron chi connectivity index (χ2n) is 47.8. The first kappa shape index (κ1) is 90.2. The fraction of sp³-hybridized carbons (Fsp3) is 1.00. The van der Waals surface area contributed by atoms with Crippen molar-refractivity contribution in [2.45, 2.75) is 512 Å². The van der Waals surface area contributed by atoms with Gasteiger partial charge in [-0.25, -0.2) is 0 Å². The standard InChI is InChI=1S/C21H38.2C20H36.2C19H34.4CH4/c1-20(2,3)19-11-14-21(15-12-19)13-10-17-6-4-8-18(16-21)9-5-7-17;1-19(2,3)18-10-12-20(13-11-18)14-16-6-4-7-17(15-20)9-5-8-16;1-19(2,3)18-10-13-20(14-11-18)12-9-16-5-4-6-17(15-20)8-7-16;1-18(2,3)17-9-12-19(13-10-17)11-8-15-4-6-16(14-19)7-5-15;1-18(2,3)17-9-11-19(12-10-17)13-15-5-4-6-16(14-19)8-7-15;;;;/h17-19H,4-16H2,1-3H3;2*16-18H,4-15H2,1-3H3;2*15-17H,4-14H2,1-3H3;4*1H4. The van der Waals surface area contributed by atoms with Crippen LogP contribution >= 0.6 is 0 Å². The summed E-state index contributed by atoms with van der Waals surface area (Å²) in [5.74, 6) is 15.8. The first-order valence-electron chi connectivity index (χ1n) is 46.8. The Morgan fingerprint density at radius 3 is 0.476 bits per heavy atom. The summed E-state index contributed by atoms with van der Waals surface area (Å²) in [6.45, 7) is 36.9. The third-order valence-corrected chi connectivity index (χ3v) is 35.9. The quantitative estimate of drug-likeness (QED) is 0.227. The minimum absolute atomic E-state index is 0. The molecule has 4 atom stereocenters. The molecule has 0 amide bonds. The van der Waals surface area contributed by atoms with E-state index in [0.29, 0.717) is 27.1 Å². The van der Waals surface area contributed by atoms with Crippen LogP contribution in [0.5, 0.6) is 0 Å². The van der Waals surface area contributed by atoms with Gasteiger partial charge in [0.25, 0.3) is 0 Å². The maximum absolute atomic E-state index is 2.46. The third kappa shape index (κ3) is 25.8. The van der Waals surface area contributed by atoms with Gasteiger partial charge in [-0.3, -0.25) is 0 Å². The van der Waals surface area contributed by atoms with Crippen molar-refractivity contribution in [1.82, 2.24) is 0 Å². The summed E-state index contributed by atoms with van der Waals surface area (Å²) in [5.41, 5.74) is 6.59. The van der Waals surface area contributed by atoms with Crippen LogP contribution in [0.3, 0.4) is 0 Å². The highest BCUT2D eigenvalue weighted by Gasteiger charge is 2.48. The maximum atomic E-state index is 2.46. The highest BCUT2D eigenvalue weighted by atomic mass is 14.5. The zero-order chi connectivity index (χ0) is 70.4. The van der Waals surface area contributed by atoms with Crippen LogP contribution in [0.25, 0.3) is 0 Å². The second kappa shape index (κ2) is 38.7. The average Bonchev–Trinajstić information content (AvgIpc) is 1.70. The number of fused-ring (bicyclic) bond motifs is 18. The molecule has 0 N–H and O–H groups in total. The van der Waals surface area contributed by atoms with Crippen molar-refractivity contribution >= 4 is 0 Å². The van der Waals surface area contributed by atoms with Gasteiger partial charge < -0.3 is 0 Å². The molecule has 0 aromatic heterocycles. The van der Waals surface area contributed by atoms with Crippen LogP contribution in [0.1, 0.15) is 512 Å². The van der Waals surface area contributed by atoms with Crippen LogP contribution in [0.2, 0.25) is 0 Å². The molecule has 0 heteroatoms. The summed E-state index contributed by atoms with van der Waals surface area (Å²) in [7, 11) is 0. The Morgan fingerprint density at radius 2 is 0.272 bits per heavy atom. The first-order valence-corrected chi connectivity index (χ1v) is 46.8. The van der Waals surface area contributed by atoms with Crippen molar-refractivity contribution in [2.75, 3.05) is 0 Å². The fourth-order valence-electron chi connectivity index (χ4n) is 28.7. The van der Waals surface area contributed by atoms with Gasteiger partial charge in [0.1, 0.15) is 0 Å². The summed E-state index contributed by atoms with van der Waals surface area (Å²) in [5, 5.41) is 0. The third-order valence-electron chi connectivity index (χ3n) is 35.9. The molecule has 0 aliphatic heterocycles. The van der Waals surface area contributed by atoms with Crippen LogP contribution in [0.4, 0.5) is 0 Å². The number of rotatable bonds is 0. The van der Waals surface area contributed by atoms with Crippen molar-refractivity contribution in [2.24, 2.45) is 143 Å². The molecule has 0 nitrogen and oxygen atoms in total. The molecule has 18 aliphatic carbocycles. The van der Waals surface area contributed by atoms with Crippen LogP contribution in [-0.2, 0) is 0 Å². The van der Waals surface area contributed by atoms with Gasteiger partial charge in [0, 0.05) is 0 Å². The maximum Gasteiger partial charge on any atom is -0.0292 e. The first-order chi connectivity index (χ1) is 46.8. The van der Waals surface area contributed by atoms with E-state index >= 15 is 0 Å². The molecule has 0 aromatic rings. The zero-order valence-corrected chi connectivity index (χ0v) is 70.4. The van der Waals surface area contributed by atoms with Gasteiger partial charge in [0.2, 0.25) is 0 Å². The molecule has 0 radical (unpaired) electrons. The highest BCUT2D eigenvalue weighted by Crippen LogP contribution is 2.61. The van der Waals surface area contributed by atoms with E-state index in [1.54, 1.807) is 276 Å². The van der Waals surface area contributed by atoms with Crippen molar-refractivity contribution in [3.63, 3.8) is 0 Å². The van der Waals surface area contributed by atoms with Crippen LogP contribution in [0.15, 0.2) is 0 Å². The van der Waals surface area contributed by atoms with Gasteiger partial charge in [-0.2, -0.15) is 0 Å². The lowest BCUT2D eigenvalue weighted by Crippen LogP contribution is -2.37. The lowest BCUT2D eigenvalue weighted by atomic mass is 9.56. The smallest absolute Gasteiger partial charge is 0.0292 e. The zero-order valence-electron chi connectivity index (χ0n) is 70.4. The summed E-state index contributed by atoms with van der Waals surface area (Å²) >= 11 is 0. The molecule has 18 fully saturated rings. The molecule has 18 aliphatic rings. The summed E-state index contributed by atoms with van der Waals surface area (Å²) in [6, 6.07) is 0. The summed E-state index contributed by atoms with van der Waals surface area (Å²) < 4.78 is 0. The monoisotopic (exact) mass is 1430 g/mol. The Morgan fingerprint density at radius 1 is 0.146 bits per heavy atom. The van der Waals surface area contributed by atoms with Gasteiger partial charge in [0.05, 0.1) is 0 Å².